The van der Waals surface area contributed by atoms with Gasteiger partial charge in [-0.25, -0.2) is 4.98 Å². The molecule has 0 radical (unpaired) electrons. The van der Waals surface area contributed by atoms with Crippen LogP contribution in [0.1, 0.15) is 36.7 Å². The van der Waals surface area contributed by atoms with Crippen LogP contribution in [-0.2, 0) is 30.6 Å². The number of fused-ring (bicyclic) bond motifs is 1. The minimum absolute atomic E-state index is 0.0380. The number of nitrogens with zero attached hydrogens (tertiary/aromatic N) is 2. The molecule has 4 aromatic rings. The quantitative estimate of drug-likeness (QED) is 0.228. The first-order valence-electron chi connectivity index (χ1n) is 13.2. The molecule has 1 heterocycles. The van der Waals surface area contributed by atoms with Crippen molar-refractivity contribution in [3.8, 4) is 17.2 Å². The maximum Gasteiger partial charge on any atom is 0.224 e. The summed E-state index contributed by atoms with van der Waals surface area (Å²) in [6, 6.07) is 22.0. The Bertz CT molecular complexity index is 1330. The van der Waals surface area contributed by atoms with Gasteiger partial charge in [0.15, 0.2) is 11.5 Å². The van der Waals surface area contributed by atoms with Crippen LogP contribution in [0.4, 0.5) is 0 Å². The van der Waals surface area contributed by atoms with Gasteiger partial charge in [-0.1, -0.05) is 37.3 Å². The van der Waals surface area contributed by atoms with Crippen molar-refractivity contribution in [2.45, 2.75) is 45.6 Å². The Labute approximate surface area is 224 Å². The number of nitrogens with one attached hydrogen (secondary N) is 1. The molecule has 0 atom stereocenters. The van der Waals surface area contributed by atoms with Crippen LogP contribution in [0, 0.1) is 0 Å². The van der Waals surface area contributed by atoms with Crippen molar-refractivity contribution in [1.82, 2.24) is 14.9 Å². The number of rotatable bonds is 14. The molecule has 0 unspecified atom stereocenters. The van der Waals surface area contributed by atoms with Gasteiger partial charge in [0.25, 0.3) is 0 Å². The molecule has 0 aliphatic carbocycles. The Morgan fingerprint density at radius 1 is 0.921 bits per heavy atom. The van der Waals surface area contributed by atoms with Crippen LogP contribution >= 0.6 is 0 Å². The molecular weight excluding hydrogens is 478 g/mol. The van der Waals surface area contributed by atoms with Crippen LogP contribution in [0.3, 0.4) is 0 Å². The van der Waals surface area contributed by atoms with E-state index in [1.807, 2.05) is 48.5 Å². The molecule has 0 bridgehead atoms. The molecule has 1 aromatic heterocycles. The molecular formula is C31H37N3O4. The van der Waals surface area contributed by atoms with Gasteiger partial charge in [-0.3, -0.25) is 4.79 Å². The van der Waals surface area contributed by atoms with Gasteiger partial charge >= 0.3 is 0 Å². The SMILES string of the molecule is CCc1ccc(OCCCCn2c(CCNC(=O)Cc3ccc(OC)c(OC)c3)nc3ccccc32)cc1. The van der Waals surface area contributed by atoms with Crippen molar-refractivity contribution in [2.75, 3.05) is 27.4 Å². The van der Waals surface area contributed by atoms with Gasteiger partial charge in [0.05, 0.1) is 38.3 Å². The summed E-state index contributed by atoms with van der Waals surface area (Å²) in [5.74, 6) is 3.12. The Morgan fingerprint density at radius 3 is 2.45 bits per heavy atom. The highest BCUT2D eigenvalue weighted by Gasteiger charge is 2.12. The number of benzene rings is 3. The zero-order valence-electron chi connectivity index (χ0n) is 22.5. The number of aryl methyl sites for hydroxylation is 2. The third-order valence-corrected chi connectivity index (χ3v) is 6.59. The number of carbonyl (C=O) groups is 1. The predicted octanol–water partition coefficient (Wildman–Crippen LogP) is 5.38. The van der Waals surface area contributed by atoms with Crippen molar-refractivity contribution in [2.24, 2.45) is 0 Å². The largest absolute Gasteiger partial charge is 0.494 e. The molecule has 3 aromatic carbocycles. The normalized spacial score (nSPS) is 10.9. The average molecular weight is 516 g/mol. The van der Waals surface area contributed by atoms with E-state index >= 15 is 0 Å². The number of para-hydroxylation sites is 2. The lowest BCUT2D eigenvalue weighted by molar-refractivity contribution is -0.120. The van der Waals surface area contributed by atoms with Gasteiger partial charge < -0.3 is 24.1 Å². The predicted molar refractivity (Wildman–Crippen MR) is 150 cm³/mol. The maximum atomic E-state index is 12.6. The average Bonchev–Trinajstić information content (AvgIpc) is 3.30. The van der Waals surface area contributed by atoms with Gasteiger partial charge in [0.1, 0.15) is 11.6 Å². The molecule has 38 heavy (non-hydrogen) atoms. The van der Waals surface area contributed by atoms with Gasteiger partial charge in [-0.2, -0.15) is 0 Å². The molecule has 0 aliphatic rings. The van der Waals surface area contributed by atoms with Crippen molar-refractivity contribution in [3.63, 3.8) is 0 Å². The lowest BCUT2D eigenvalue weighted by atomic mass is 10.1. The first-order valence-corrected chi connectivity index (χ1v) is 13.2. The van der Waals surface area contributed by atoms with Crippen LogP contribution < -0.4 is 19.5 Å². The van der Waals surface area contributed by atoms with Crippen LogP contribution in [0.5, 0.6) is 17.2 Å². The van der Waals surface area contributed by atoms with Gasteiger partial charge in [-0.15, -0.1) is 0 Å². The number of hydrogen-bond acceptors (Lipinski definition) is 5. The van der Waals surface area contributed by atoms with E-state index in [1.54, 1.807) is 14.2 Å². The summed E-state index contributed by atoms with van der Waals surface area (Å²) < 4.78 is 18.8. The monoisotopic (exact) mass is 515 g/mol. The third-order valence-electron chi connectivity index (χ3n) is 6.59. The highest BCUT2D eigenvalue weighted by atomic mass is 16.5. The summed E-state index contributed by atoms with van der Waals surface area (Å²) in [7, 11) is 3.18. The van der Waals surface area contributed by atoms with Crippen molar-refractivity contribution >= 4 is 16.9 Å². The minimum Gasteiger partial charge on any atom is -0.494 e. The second-order valence-corrected chi connectivity index (χ2v) is 9.19. The molecule has 0 spiro atoms. The van der Waals surface area contributed by atoms with Crippen LogP contribution in [-0.4, -0.2) is 42.8 Å². The Balaban J connectivity index is 1.29. The number of aromatic nitrogens is 2. The van der Waals surface area contributed by atoms with E-state index in [0.29, 0.717) is 31.1 Å². The van der Waals surface area contributed by atoms with E-state index in [-0.39, 0.29) is 12.3 Å². The fourth-order valence-electron chi connectivity index (χ4n) is 4.50. The first kappa shape index (κ1) is 27.0. The second kappa shape index (κ2) is 13.5. The number of ether oxygens (including phenoxy) is 3. The summed E-state index contributed by atoms with van der Waals surface area (Å²) >= 11 is 0. The van der Waals surface area contributed by atoms with Gasteiger partial charge in [0, 0.05) is 19.5 Å². The fourth-order valence-corrected chi connectivity index (χ4v) is 4.50. The number of methoxy groups -OCH3 is 2. The molecule has 0 saturated carbocycles. The molecule has 0 aliphatic heterocycles. The van der Waals surface area contributed by atoms with Crippen molar-refractivity contribution in [3.05, 3.63) is 83.7 Å². The number of amides is 1. The summed E-state index contributed by atoms with van der Waals surface area (Å²) in [6.07, 6.45) is 3.89. The lowest BCUT2D eigenvalue weighted by Gasteiger charge is -2.12. The Hall–Kier alpha value is -4.00. The van der Waals surface area contributed by atoms with E-state index in [0.717, 1.165) is 54.0 Å². The molecule has 1 amide bonds. The molecule has 200 valence electrons. The fraction of sp³-hybridized carbons (Fsp3) is 0.355. The minimum atomic E-state index is -0.0380. The van der Waals surface area contributed by atoms with Crippen LogP contribution in [0.15, 0.2) is 66.7 Å². The topological polar surface area (TPSA) is 74.6 Å². The summed E-state index contributed by atoms with van der Waals surface area (Å²) in [4.78, 5) is 17.4. The lowest BCUT2D eigenvalue weighted by Crippen LogP contribution is -2.28. The highest BCUT2D eigenvalue weighted by Crippen LogP contribution is 2.27. The van der Waals surface area contributed by atoms with E-state index < -0.39 is 0 Å². The zero-order chi connectivity index (χ0) is 26.7. The van der Waals surface area contributed by atoms with E-state index in [4.69, 9.17) is 19.2 Å². The number of imidazole rings is 1. The van der Waals surface area contributed by atoms with E-state index in [1.165, 1.54) is 5.56 Å². The number of hydrogen-bond donors (Lipinski definition) is 1. The Morgan fingerprint density at radius 2 is 1.68 bits per heavy atom. The van der Waals surface area contributed by atoms with Crippen molar-refractivity contribution in [1.29, 1.82) is 0 Å². The maximum absolute atomic E-state index is 12.6. The summed E-state index contributed by atoms with van der Waals surface area (Å²) in [5.41, 5.74) is 4.28. The summed E-state index contributed by atoms with van der Waals surface area (Å²) in [6.45, 7) is 4.21. The molecule has 7 heteroatoms. The molecule has 4 rings (SSSR count). The number of carbonyl (C=O) groups excluding carboxylic acids is 1. The van der Waals surface area contributed by atoms with Gasteiger partial charge in [-0.05, 0) is 66.8 Å². The zero-order valence-corrected chi connectivity index (χ0v) is 22.5. The highest BCUT2D eigenvalue weighted by molar-refractivity contribution is 5.79. The first-order chi connectivity index (χ1) is 18.6. The van der Waals surface area contributed by atoms with E-state index in [2.05, 4.69) is 35.0 Å². The summed E-state index contributed by atoms with van der Waals surface area (Å²) in [5, 5.41) is 3.04. The van der Waals surface area contributed by atoms with Crippen LogP contribution in [0.25, 0.3) is 11.0 Å². The molecule has 0 saturated heterocycles. The molecule has 0 fully saturated rings. The third kappa shape index (κ3) is 7.06. The van der Waals surface area contributed by atoms with Crippen LogP contribution in [0.2, 0.25) is 0 Å². The second-order valence-electron chi connectivity index (χ2n) is 9.19. The number of unbranched alkanes of at least 4 members (excludes halogenated alkanes) is 1. The van der Waals surface area contributed by atoms with Gasteiger partial charge in [0.2, 0.25) is 5.91 Å². The standard InChI is InChI=1S/C31H37N3O4/c1-4-23-11-14-25(15-12-23)38-20-8-7-19-34-27-10-6-5-9-26(27)33-30(34)17-18-32-31(35)22-24-13-16-28(36-2)29(21-24)37-3/h5-6,9-16,21H,4,7-8,17-20,22H2,1-3H3,(H,32,35). The molecule has 7 nitrogen and oxygen atoms in total. The van der Waals surface area contributed by atoms with E-state index in [9.17, 15) is 4.79 Å². The Kier molecular flexibility index (Phi) is 9.62. The van der Waals surface area contributed by atoms with Crippen molar-refractivity contribution < 1.29 is 19.0 Å². The smallest absolute Gasteiger partial charge is 0.224 e. The molecule has 1 N–H and O–H groups in total.